The highest BCUT2D eigenvalue weighted by Gasteiger charge is 2.38. The standard InChI is InChI=1S/C16H19FN6/c1-11-15(17)16(21-10-19-11)22-7-5-13(8-22)23(12-2-3-12)14-4-6-18-9-20-14/h4,6,9-10,12-13H,2-3,5,7-8H2,1H3. The van der Waals surface area contributed by atoms with Crippen molar-refractivity contribution in [1.82, 2.24) is 19.9 Å². The van der Waals surface area contributed by atoms with Gasteiger partial charge in [-0.3, -0.25) is 0 Å². The lowest BCUT2D eigenvalue weighted by molar-refractivity contribution is 0.593. The Kier molecular flexibility index (Phi) is 3.55. The zero-order valence-corrected chi connectivity index (χ0v) is 13.1. The molecule has 1 unspecified atom stereocenters. The summed E-state index contributed by atoms with van der Waals surface area (Å²) in [6.45, 7) is 3.23. The molecule has 1 aliphatic heterocycles. The molecule has 0 N–H and O–H groups in total. The van der Waals surface area contributed by atoms with E-state index in [4.69, 9.17) is 0 Å². The highest BCUT2D eigenvalue weighted by atomic mass is 19.1. The summed E-state index contributed by atoms with van der Waals surface area (Å²) in [7, 11) is 0. The van der Waals surface area contributed by atoms with Crippen molar-refractivity contribution in [2.45, 2.75) is 38.3 Å². The van der Waals surface area contributed by atoms with Crippen molar-refractivity contribution < 1.29 is 4.39 Å². The Labute approximate surface area is 134 Å². The van der Waals surface area contributed by atoms with Gasteiger partial charge >= 0.3 is 0 Å². The fourth-order valence-corrected chi connectivity index (χ4v) is 3.29. The first-order valence-electron chi connectivity index (χ1n) is 8.00. The van der Waals surface area contributed by atoms with Crippen LogP contribution in [0.5, 0.6) is 0 Å². The molecule has 1 saturated carbocycles. The van der Waals surface area contributed by atoms with Gasteiger partial charge in [-0.05, 0) is 32.3 Å². The number of hydrogen-bond acceptors (Lipinski definition) is 6. The van der Waals surface area contributed by atoms with Crippen LogP contribution in [0.15, 0.2) is 24.9 Å². The number of aryl methyl sites for hydroxylation is 1. The van der Waals surface area contributed by atoms with Crippen LogP contribution in [0.2, 0.25) is 0 Å². The number of aromatic nitrogens is 4. The molecule has 0 bridgehead atoms. The molecule has 23 heavy (non-hydrogen) atoms. The van der Waals surface area contributed by atoms with Crippen LogP contribution in [-0.2, 0) is 0 Å². The maximum Gasteiger partial charge on any atom is 0.186 e. The predicted molar refractivity (Wildman–Crippen MR) is 84.9 cm³/mol. The van der Waals surface area contributed by atoms with Crippen molar-refractivity contribution in [2.24, 2.45) is 0 Å². The molecule has 0 spiro atoms. The summed E-state index contributed by atoms with van der Waals surface area (Å²) >= 11 is 0. The molecule has 0 radical (unpaired) electrons. The van der Waals surface area contributed by atoms with Gasteiger partial charge in [0.2, 0.25) is 0 Å². The van der Waals surface area contributed by atoms with E-state index in [0.717, 1.165) is 25.3 Å². The molecule has 7 heteroatoms. The highest BCUT2D eigenvalue weighted by Crippen LogP contribution is 2.35. The topological polar surface area (TPSA) is 58.0 Å². The molecule has 2 fully saturated rings. The Morgan fingerprint density at radius 2 is 2.00 bits per heavy atom. The average Bonchev–Trinajstić information content (AvgIpc) is 3.28. The van der Waals surface area contributed by atoms with Crippen LogP contribution in [0.25, 0.3) is 0 Å². The lowest BCUT2D eigenvalue weighted by atomic mass is 10.2. The van der Waals surface area contributed by atoms with Crippen molar-refractivity contribution in [3.8, 4) is 0 Å². The molecule has 1 aliphatic carbocycles. The van der Waals surface area contributed by atoms with Gasteiger partial charge in [0.25, 0.3) is 0 Å². The van der Waals surface area contributed by atoms with Crippen LogP contribution >= 0.6 is 0 Å². The molecule has 4 rings (SSSR count). The van der Waals surface area contributed by atoms with Gasteiger partial charge in [0.1, 0.15) is 18.5 Å². The van der Waals surface area contributed by atoms with Gasteiger partial charge in [-0.25, -0.2) is 24.3 Å². The summed E-state index contributed by atoms with van der Waals surface area (Å²) in [4.78, 5) is 20.9. The molecular formula is C16H19FN6. The van der Waals surface area contributed by atoms with Gasteiger partial charge in [0.15, 0.2) is 11.6 Å². The molecule has 6 nitrogen and oxygen atoms in total. The van der Waals surface area contributed by atoms with Crippen molar-refractivity contribution in [2.75, 3.05) is 22.9 Å². The average molecular weight is 314 g/mol. The Balaban J connectivity index is 1.56. The van der Waals surface area contributed by atoms with Crippen molar-refractivity contribution >= 4 is 11.6 Å². The quantitative estimate of drug-likeness (QED) is 0.860. The van der Waals surface area contributed by atoms with E-state index in [0.29, 0.717) is 23.6 Å². The number of halogens is 1. The minimum atomic E-state index is -0.312. The first kappa shape index (κ1) is 14.3. The minimum absolute atomic E-state index is 0.312. The molecule has 2 aromatic heterocycles. The second kappa shape index (κ2) is 5.72. The third kappa shape index (κ3) is 2.71. The fourth-order valence-electron chi connectivity index (χ4n) is 3.29. The summed E-state index contributed by atoms with van der Waals surface area (Å²) in [6, 6.07) is 2.83. The third-order valence-electron chi connectivity index (χ3n) is 4.57. The molecule has 1 saturated heterocycles. The van der Waals surface area contributed by atoms with Crippen molar-refractivity contribution in [1.29, 1.82) is 0 Å². The van der Waals surface area contributed by atoms with E-state index in [2.05, 4.69) is 24.8 Å². The predicted octanol–water partition coefficient (Wildman–Crippen LogP) is 1.96. The van der Waals surface area contributed by atoms with E-state index in [1.54, 1.807) is 19.4 Å². The zero-order chi connectivity index (χ0) is 15.8. The highest BCUT2D eigenvalue weighted by molar-refractivity contribution is 5.47. The molecule has 120 valence electrons. The largest absolute Gasteiger partial charge is 0.352 e. The number of rotatable bonds is 4. The van der Waals surface area contributed by atoms with Crippen LogP contribution in [0.4, 0.5) is 16.0 Å². The fraction of sp³-hybridized carbons (Fsp3) is 0.500. The molecule has 2 aliphatic rings. The van der Waals surface area contributed by atoms with Gasteiger partial charge in [-0.15, -0.1) is 0 Å². The SMILES string of the molecule is Cc1ncnc(N2CCC(N(c3ccncn3)C3CC3)C2)c1F. The smallest absolute Gasteiger partial charge is 0.186 e. The van der Waals surface area contributed by atoms with Crippen LogP contribution in [0.1, 0.15) is 25.0 Å². The maximum absolute atomic E-state index is 14.3. The van der Waals surface area contributed by atoms with E-state index in [9.17, 15) is 4.39 Å². The summed E-state index contributed by atoms with van der Waals surface area (Å²) in [5, 5.41) is 0. The third-order valence-corrected chi connectivity index (χ3v) is 4.57. The Morgan fingerprint density at radius 1 is 1.13 bits per heavy atom. The van der Waals surface area contributed by atoms with Crippen molar-refractivity contribution in [3.05, 3.63) is 36.4 Å². The van der Waals surface area contributed by atoms with E-state index in [-0.39, 0.29) is 5.82 Å². The minimum Gasteiger partial charge on any atom is -0.352 e. The Bertz CT molecular complexity index is 690. The maximum atomic E-state index is 14.3. The van der Waals surface area contributed by atoms with Gasteiger partial charge in [0, 0.05) is 31.4 Å². The second-order valence-corrected chi connectivity index (χ2v) is 6.19. The van der Waals surface area contributed by atoms with E-state index >= 15 is 0 Å². The van der Waals surface area contributed by atoms with Gasteiger partial charge in [-0.1, -0.05) is 0 Å². The van der Waals surface area contributed by atoms with Crippen LogP contribution in [0.3, 0.4) is 0 Å². The van der Waals surface area contributed by atoms with E-state index < -0.39 is 0 Å². The summed E-state index contributed by atoms with van der Waals surface area (Å²) < 4.78 is 14.3. The van der Waals surface area contributed by atoms with Gasteiger partial charge < -0.3 is 9.80 Å². The zero-order valence-electron chi connectivity index (χ0n) is 13.1. The number of anilines is 2. The van der Waals surface area contributed by atoms with Crippen LogP contribution in [0, 0.1) is 12.7 Å². The molecule has 3 heterocycles. The summed E-state index contributed by atoms with van der Waals surface area (Å²) in [6.07, 6.45) is 8.17. The van der Waals surface area contributed by atoms with Crippen LogP contribution in [-0.4, -0.2) is 45.1 Å². The molecule has 0 amide bonds. The Hall–Kier alpha value is -2.31. The van der Waals surface area contributed by atoms with Crippen LogP contribution < -0.4 is 9.80 Å². The monoisotopic (exact) mass is 314 g/mol. The lowest BCUT2D eigenvalue weighted by Crippen LogP contribution is -2.40. The molecule has 2 aromatic rings. The van der Waals surface area contributed by atoms with E-state index in [1.807, 2.05) is 11.0 Å². The lowest BCUT2D eigenvalue weighted by Gasteiger charge is -2.30. The number of nitrogens with zero attached hydrogens (tertiary/aromatic N) is 6. The molecular weight excluding hydrogens is 295 g/mol. The summed E-state index contributed by atoms with van der Waals surface area (Å²) in [5.74, 6) is 1.07. The summed E-state index contributed by atoms with van der Waals surface area (Å²) in [5.41, 5.74) is 0.397. The first-order valence-corrected chi connectivity index (χ1v) is 8.00. The van der Waals surface area contributed by atoms with Gasteiger partial charge in [0.05, 0.1) is 5.69 Å². The van der Waals surface area contributed by atoms with Crippen molar-refractivity contribution in [3.63, 3.8) is 0 Å². The Morgan fingerprint density at radius 3 is 2.74 bits per heavy atom. The number of hydrogen-bond donors (Lipinski definition) is 0. The molecule has 0 aromatic carbocycles. The normalized spacial score (nSPS) is 20.8. The van der Waals surface area contributed by atoms with Gasteiger partial charge in [-0.2, -0.15) is 0 Å². The second-order valence-electron chi connectivity index (χ2n) is 6.19. The first-order chi connectivity index (χ1) is 11.2. The van der Waals surface area contributed by atoms with E-state index in [1.165, 1.54) is 19.2 Å². The molecule has 1 atom stereocenters.